The van der Waals surface area contributed by atoms with Crippen LogP contribution in [0.1, 0.15) is 18.9 Å². The zero-order valence-electron chi connectivity index (χ0n) is 16.4. The van der Waals surface area contributed by atoms with Crippen molar-refractivity contribution in [3.8, 4) is 0 Å². The number of benzene rings is 2. The second-order valence-corrected chi connectivity index (χ2v) is 7.08. The molecule has 0 spiro atoms. The molecule has 1 aliphatic heterocycles. The maximum absolute atomic E-state index is 13.9. The van der Waals surface area contributed by atoms with Crippen molar-refractivity contribution in [1.82, 2.24) is 4.90 Å². The number of halogens is 1. The fourth-order valence-electron chi connectivity index (χ4n) is 3.46. The van der Waals surface area contributed by atoms with E-state index < -0.39 is 0 Å². The highest BCUT2D eigenvalue weighted by Crippen LogP contribution is 2.21. The Morgan fingerprint density at radius 3 is 2.25 bits per heavy atom. The van der Waals surface area contributed by atoms with Crippen molar-refractivity contribution in [2.45, 2.75) is 20.3 Å². The van der Waals surface area contributed by atoms with E-state index in [2.05, 4.69) is 0 Å². The van der Waals surface area contributed by atoms with Crippen LogP contribution >= 0.6 is 0 Å². The lowest BCUT2D eigenvalue weighted by molar-refractivity contribution is -0.131. The van der Waals surface area contributed by atoms with E-state index in [0.717, 1.165) is 11.3 Å². The van der Waals surface area contributed by atoms with Crippen molar-refractivity contribution in [3.63, 3.8) is 0 Å². The minimum atomic E-state index is -0.238. The first-order valence-electron chi connectivity index (χ1n) is 9.58. The Hall–Kier alpha value is -2.89. The zero-order chi connectivity index (χ0) is 20.1. The number of rotatable bonds is 5. The summed E-state index contributed by atoms with van der Waals surface area (Å²) in [6, 6.07) is 14.4. The quantitative estimate of drug-likeness (QED) is 0.796. The monoisotopic (exact) mass is 383 g/mol. The SMILES string of the molecule is CC(=O)N(CCC(=O)N1CCN(c2ccccc2F)CC1)c1ccc(C)cc1. The van der Waals surface area contributed by atoms with Gasteiger partial charge in [-0.2, -0.15) is 0 Å². The normalized spacial score (nSPS) is 14.1. The van der Waals surface area contributed by atoms with Crippen molar-refractivity contribution < 1.29 is 14.0 Å². The van der Waals surface area contributed by atoms with Crippen molar-refractivity contribution in [2.24, 2.45) is 0 Å². The lowest BCUT2D eigenvalue weighted by Gasteiger charge is -2.36. The van der Waals surface area contributed by atoms with Crippen LogP contribution in [-0.2, 0) is 9.59 Å². The molecule has 2 aromatic carbocycles. The summed E-state index contributed by atoms with van der Waals surface area (Å²) in [6.07, 6.45) is 0.271. The summed E-state index contributed by atoms with van der Waals surface area (Å²) in [6.45, 7) is 6.16. The molecular weight excluding hydrogens is 357 g/mol. The lowest BCUT2D eigenvalue weighted by Crippen LogP contribution is -2.49. The van der Waals surface area contributed by atoms with Crippen LogP contribution in [0.4, 0.5) is 15.8 Å². The van der Waals surface area contributed by atoms with Gasteiger partial charge in [0.15, 0.2) is 0 Å². The van der Waals surface area contributed by atoms with Crippen LogP contribution in [-0.4, -0.2) is 49.4 Å². The smallest absolute Gasteiger partial charge is 0.224 e. The van der Waals surface area contributed by atoms with Crippen LogP contribution in [0.3, 0.4) is 0 Å². The number of hydrogen-bond donors (Lipinski definition) is 0. The summed E-state index contributed by atoms with van der Waals surface area (Å²) >= 11 is 0. The second-order valence-electron chi connectivity index (χ2n) is 7.08. The minimum absolute atomic E-state index is 0.0199. The molecule has 2 aromatic rings. The van der Waals surface area contributed by atoms with Crippen molar-refractivity contribution in [2.75, 3.05) is 42.5 Å². The molecule has 0 aromatic heterocycles. The number of carbonyl (C=O) groups excluding carboxylic acids is 2. The lowest BCUT2D eigenvalue weighted by atomic mass is 10.2. The molecule has 1 heterocycles. The minimum Gasteiger partial charge on any atom is -0.366 e. The summed E-state index contributed by atoms with van der Waals surface area (Å²) in [5.74, 6) is -0.301. The average Bonchev–Trinajstić information content (AvgIpc) is 2.69. The van der Waals surface area contributed by atoms with E-state index in [1.54, 1.807) is 21.9 Å². The van der Waals surface area contributed by atoms with Gasteiger partial charge in [0.2, 0.25) is 11.8 Å². The van der Waals surface area contributed by atoms with Gasteiger partial charge < -0.3 is 14.7 Å². The molecule has 2 amide bonds. The third-order valence-electron chi connectivity index (χ3n) is 5.10. The molecule has 6 heteroatoms. The second kappa shape index (κ2) is 8.87. The van der Waals surface area contributed by atoms with E-state index in [9.17, 15) is 14.0 Å². The van der Waals surface area contributed by atoms with Crippen LogP contribution in [0.25, 0.3) is 0 Å². The van der Waals surface area contributed by atoms with Gasteiger partial charge in [0, 0.05) is 51.8 Å². The Labute approximate surface area is 165 Å². The molecule has 28 heavy (non-hydrogen) atoms. The van der Waals surface area contributed by atoms with Gasteiger partial charge in [-0.05, 0) is 31.2 Å². The molecule has 1 saturated heterocycles. The van der Waals surface area contributed by atoms with Crippen LogP contribution in [0.2, 0.25) is 0 Å². The molecule has 0 saturated carbocycles. The topological polar surface area (TPSA) is 43.9 Å². The van der Waals surface area contributed by atoms with Gasteiger partial charge >= 0.3 is 0 Å². The predicted molar refractivity (Wildman–Crippen MR) is 109 cm³/mol. The number of anilines is 2. The molecule has 0 atom stereocenters. The Morgan fingerprint density at radius 1 is 1.00 bits per heavy atom. The van der Waals surface area contributed by atoms with E-state index in [1.807, 2.05) is 42.2 Å². The Balaban J connectivity index is 1.54. The molecule has 0 unspecified atom stereocenters. The third kappa shape index (κ3) is 4.68. The summed E-state index contributed by atoms with van der Waals surface area (Å²) in [7, 11) is 0. The van der Waals surface area contributed by atoms with Gasteiger partial charge in [-0.25, -0.2) is 4.39 Å². The zero-order valence-corrected chi connectivity index (χ0v) is 16.4. The number of piperazine rings is 1. The number of aryl methyl sites for hydroxylation is 1. The Bertz CT molecular complexity index is 830. The van der Waals surface area contributed by atoms with Crippen molar-refractivity contribution in [3.05, 3.63) is 59.9 Å². The Morgan fingerprint density at radius 2 is 1.64 bits per heavy atom. The van der Waals surface area contributed by atoms with Crippen LogP contribution in [0.5, 0.6) is 0 Å². The van der Waals surface area contributed by atoms with Gasteiger partial charge in [0.25, 0.3) is 0 Å². The summed E-state index contributed by atoms with van der Waals surface area (Å²) < 4.78 is 13.9. The average molecular weight is 383 g/mol. The third-order valence-corrected chi connectivity index (χ3v) is 5.10. The van der Waals surface area contributed by atoms with Gasteiger partial charge in [-0.1, -0.05) is 29.8 Å². The van der Waals surface area contributed by atoms with Crippen molar-refractivity contribution in [1.29, 1.82) is 0 Å². The van der Waals surface area contributed by atoms with Gasteiger partial charge in [-0.3, -0.25) is 9.59 Å². The van der Waals surface area contributed by atoms with Gasteiger partial charge in [0.05, 0.1) is 5.69 Å². The fourth-order valence-corrected chi connectivity index (χ4v) is 3.46. The molecule has 148 valence electrons. The molecule has 1 fully saturated rings. The molecule has 3 rings (SSSR count). The highest BCUT2D eigenvalue weighted by molar-refractivity contribution is 5.92. The standard InChI is InChI=1S/C22H26FN3O2/c1-17-7-9-19(10-8-17)26(18(2)27)12-11-22(28)25-15-13-24(14-16-25)21-6-4-3-5-20(21)23/h3-10H,11-16H2,1-2H3. The number of para-hydroxylation sites is 1. The van der Waals surface area contributed by atoms with Crippen molar-refractivity contribution >= 4 is 23.2 Å². The molecule has 0 aliphatic carbocycles. The molecular formula is C22H26FN3O2. The van der Waals surface area contributed by atoms with E-state index >= 15 is 0 Å². The van der Waals surface area contributed by atoms with Crippen LogP contribution in [0.15, 0.2) is 48.5 Å². The largest absolute Gasteiger partial charge is 0.366 e. The first-order chi connectivity index (χ1) is 13.5. The van der Waals surface area contributed by atoms with Gasteiger partial charge in [0.1, 0.15) is 5.82 Å². The maximum atomic E-state index is 13.9. The van der Waals surface area contributed by atoms with Crippen LogP contribution < -0.4 is 9.80 Å². The van der Waals surface area contributed by atoms with Crippen LogP contribution in [0, 0.1) is 12.7 Å². The fraction of sp³-hybridized carbons (Fsp3) is 0.364. The molecule has 0 radical (unpaired) electrons. The molecule has 1 aliphatic rings. The first-order valence-corrected chi connectivity index (χ1v) is 9.58. The van der Waals surface area contributed by atoms with E-state index in [1.165, 1.54) is 13.0 Å². The van der Waals surface area contributed by atoms with E-state index in [4.69, 9.17) is 0 Å². The van der Waals surface area contributed by atoms with E-state index in [0.29, 0.717) is 38.4 Å². The predicted octanol–water partition coefficient (Wildman–Crippen LogP) is 3.23. The number of hydrogen-bond acceptors (Lipinski definition) is 3. The number of carbonyl (C=O) groups is 2. The number of amides is 2. The molecule has 0 N–H and O–H groups in total. The summed E-state index contributed by atoms with van der Waals surface area (Å²) in [5.41, 5.74) is 2.50. The molecule has 5 nitrogen and oxygen atoms in total. The Kier molecular flexibility index (Phi) is 6.29. The maximum Gasteiger partial charge on any atom is 0.224 e. The highest BCUT2D eigenvalue weighted by Gasteiger charge is 2.23. The first kappa shape index (κ1) is 19.9. The van der Waals surface area contributed by atoms with E-state index in [-0.39, 0.29) is 24.1 Å². The van der Waals surface area contributed by atoms with Gasteiger partial charge in [-0.15, -0.1) is 0 Å². The highest BCUT2D eigenvalue weighted by atomic mass is 19.1. The summed E-state index contributed by atoms with van der Waals surface area (Å²) in [4.78, 5) is 30.0. The summed E-state index contributed by atoms with van der Waals surface area (Å²) in [5, 5.41) is 0. The molecule has 0 bridgehead atoms. The number of nitrogens with zero attached hydrogens (tertiary/aromatic N) is 3.